The monoisotopic (exact) mass is 171 g/mol. The van der Waals surface area contributed by atoms with E-state index in [1.807, 2.05) is 19.0 Å². The predicted octanol–water partition coefficient (Wildman–Crippen LogP) is 1.05. The van der Waals surface area contributed by atoms with E-state index in [4.69, 9.17) is 5.11 Å². The van der Waals surface area contributed by atoms with Gasteiger partial charge >= 0.3 is 5.97 Å². The second kappa shape index (κ2) is 2.73. The molecule has 0 aromatic carbocycles. The fourth-order valence-corrected chi connectivity index (χ4v) is 2.01. The summed E-state index contributed by atoms with van der Waals surface area (Å²) in [7, 11) is 3.69. The Morgan fingerprint density at radius 2 is 2.08 bits per heavy atom. The van der Waals surface area contributed by atoms with Crippen LogP contribution < -0.4 is 0 Å². The number of carboxylic acid groups (broad SMARTS) is 1. The quantitative estimate of drug-likeness (QED) is 0.690. The van der Waals surface area contributed by atoms with Crippen LogP contribution in [0.3, 0.4) is 0 Å². The molecule has 0 amide bonds. The summed E-state index contributed by atoms with van der Waals surface area (Å²) < 4.78 is 0. The van der Waals surface area contributed by atoms with Gasteiger partial charge in [0.25, 0.3) is 0 Å². The summed E-state index contributed by atoms with van der Waals surface area (Å²) >= 11 is 0. The molecule has 2 atom stereocenters. The van der Waals surface area contributed by atoms with Gasteiger partial charge in [-0.1, -0.05) is 13.8 Å². The van der Waals surface area contributed by atoms with Gasteiger partial charge in [-0.25, -0.2) is 0 Å². The summed E-state index contributed by atoms with van der Waals surface area (Å²) in [5.41, 5.74) is -0.561. The molecule has 2 unspecified atom stereocenters. The van der Waals surface area contributed by atoms with Crippen LogP contribution in [0.2, 0.25) is 0 Å². The average Bonchev–Trinajstić information content (AvgIpc) is 2.60. The first-order chi connectivity index (χ1) is 5.43. The maximum atomic E-state index is 11.0. The van der Waals surface area contributed by atoms with Crippen molar-refractivity contribution in [3.63, 3.8) is 0 Å². The molecule has 0 heterocycles. The SMILES string of the molecule is CC(C)C1CC1(C(=O)O)N(C)C. The van der Waals surface area contributed by atoms with E-state index in [0.29, 0.717) is 11.8 Å². The lowest BCUT2D eigenvalue weighted by Gasteiger charge is -2.21. The Balaban J connectivity index is 2.76. The Labute approximate surface area is 73.4 Å². The van der Waals surface area contributed by atoms with E-state index in [1.165, 1.54) is 0 Å². The summed E-state index contributed by atoms with van der Waals surface area (Å²) in [6.07, 6.45) is 0.799. The molecule has 0 bridgehead atoms. The van der Waals surface area contributed by atoms with E-state index >= 15 is 0 Å². The first-order valence-electron chi connectivity index (χ1n) is 4.33. The van der Waals surface area contributed by atoms with Gasteiger partial charge in [0.1, 0.15) is 5.54 Å². The zero-order valence-electron chi connectivity index (χ0n) is 8.16. The van der Waals surface area contributed by atoms with Gasteiger partial charge in [0.05, 0.1) is 0 Å². The summed E-state index contributed by atoms with van der Waals surface area (Å²) in [6.45, 7) is 4.16. The van der Waals surface area contributed by atoms with Crippen molar-refractivity contribution in [2.75, 3.05) is 14.1 Å². The van der Waals surface area contributed by atoms with E-state index in [2.05, 4.69) is 13.8 Å². The van der Waals surface area contributed by atoms with Gasteiger partial charge in [-0.15, -0.1) is 0 Å². The Bertz CT molecular complexity index is 201. The van der Waals surface area contributed by atoms with Crippen molar-refractivity contribution in [1.82, 2.24) is 4.90 Å². The highest BCUT2D eigenvalue weighted by molar-refractivity contribution is 5.83. The number of carbonyl (C=O) groups is 1. The molecule has 1 fully saturated rings. The molecule has 0 saturated heterocycles. The Morgan fingerprint density at radius 1 is 1.58 bits per heavy atom. The van der Waals surface area contributed by atoms with Crippen molar-refractivity contribution in [1.29, 1.82) is 0 Å². The summed E-state index contributed by atoms with van der Waals surface area (Å²) in [6, 6.07) is 0. The van der Waals surface area contributed by atoms with Crippen molar-refractivity contribution < 1.29 is 9.90 Å². The maximum Gasteiger partial charge on any atom is 0.324 e. The minimum absolute atomic E-state index is 0.324. The molecular weight excluding hydrogens is 154 g/mol. The zero-order chi connectivity index (χ0) is 9.52. The van der Waals surface area contributed by atoms with Crippen LogP contribution >= 0.6 is 0 Å². The van der Waals surface area contributed by atoms with Gasteiger partial charge in [0.15, 0.2) is 0 Å². The zero-order valence-corrected chi connectivity index (χ0v) is 8.16. The number of likely N-dealkylation sites (N-methyl/N-ethyl adjacent to an activating group) is 1. The molecule has 12 heavy (non-hydrogen) atoms. The Kier molecular flexibility index (Phi) is 2.17. The van der Waals surface area contributed by atoms with Crippen molar-refractivity contribution >= 4 is 5.97 Å². The van der Waals surface area contributed by atoms with Gasteiger partial charge in [0, 0.05) is 0 Å². The number of hydrogen-bond donors (Lipinski definition) is 1. The highest BCUT2D eigenvalue weighted by Gasteiger charge is 2.63. The molecule has 3 heteroatoms. The highest BCUT2D eigenvalue weighted by atomic mass is 16.4. The lowest BCUT2D eigenvalue weighted by molar-refractivity contribution is -0.144. The average molecular weight is 171 g/mol. The molecule has 3 nitrogen and oxygen atoms in total. The number of carboxylic acids is 1. The van der Waals surface area contributed by atoms with Gasteiger partial charge in [-0.3, -0.25) is 9.69 Å². The molecule has 0 spiro atoms. The fraction of sp³-hybridized carbons (Fsp3) is 0.889. The number of aliphatic carboxylic acids is 1. The normalized spacial score (nSPS) is 34.3. The number of nitrogens with zero attached hydrogens (tertiary/aromatic N) is 1. The third-order valence-corrected chi connectivity index (χ3v) is 2.96. The van der Waals surface area contributed by atoms with Gasteiger partial charge < -0.3 is 5.11 Å². The minimum Gasteiger partial charge on any atom is -0.480 e. The van der Waals surface area contributed by atoms with Crippen LogP contribution in [-0.2, 0) is 4.79 Å². The molecular formula is C9H17NO2. The summed E-state index contributed by atoms with van der Waals surface area (Å²) in [4.78, 5) is 12.8. The van der Waals surface area contributed by atoms with E-state index in [0.717, 1.165) is 6.42 Å². The lowest BCUT2D eigenvalue weighted by Crippen LogP contribution is -2.41. The first-order valence-corrected chi connectivity index (χ1v) is 4.33. The molecule has 1 saturated carbocycles. The number of rotatable bonds is 3. The first kappa shape index (κ1) is 9.52. The highest BCUT2D eigenvalue weighted by Crippen LogP contribution is 2.51. The molecule has 70 valence electrons. The third-order valence-electron chi connectivity index (χ3n) is 2.96. The van der Waals surface area contributed by atoms with Crippen molar-refractivity contribution in [3.8, 4) is 0 Å². The van der Waals surface area contributed by atoms with Crippen molar-refractivity contribution in [2.45, 2.75) is 25.8 Å². The summed E-state index contributed by atoms with van der Waals surface area (Å²) in [5, 5.41) is 9.05. The molecule has 0 aromatic rings. The topological polar surface area (TPSA) is 40.5 Å². The van der Waals surface area contributed by atoms with Crippen LogP contribution in [0.4, 0.5) is 0 Å². The molecule has 1 aliphatic rings. The molecule has 1 aliphatic carbocycles. The number of hydrogen-bond acceptors (Lipinski definition) is 2. The van der Waals surface area contributed by atoms with Crippen LogP contribution in [-0.4, -0.2) is 35.6 Å². The van der Waals surface area contributed by atoms with Gasteiger partial charge in [-0.2, -0.15) is 0 Å². The molecule has 1 rings (SSSR count). The van der Waals surface area contributed by atoms with Gasteiger partial charge in [0.2, 0.25) is 0 Å². The van der Waals surface area contributed by atoms with Gasteiger partial charge in [-0.05, 0) is 32.4 Å². The van der Waals surface area contributed by atoms with Crippen LogP contribution in [0.5, 0.6) is 0 Å². The predicted molar refractivity (Wildman–Crippen MR) is 47.0 cm³/mol. The maximum absolute atomic E-state index is 11.0. The van der Waals surface area contributed by atoms with Crippen LogP contribution in [0.15, 0.2) is 0 Å². The molecule has 0 aliphatic heterocycles. The second-order valence-corrected chi connectivity index (χ2v) is 4.18. The van der Waals surface area contributed by atoms with E-state index in [9.17, 15) is 4.79 Å². The molecule has 0 aromatic heterocycles. The minimum atomic E-state index is -0.675. The molecule has 0 radical (unpaired) electrons. The van der Waals surface area contributed by atoms with E-state index in [-0.39, 0.29) is 0 Å². The summed E-state index contributed by atoms with van der Waals surface area (Å²) in [5.74, 6) is 0.111. The Morgan fingerprint density at radius 3 is 2.17 bits per heavy atom. The van der Waals surface area contributed by atoms with Crippen molar-refractivity contribution in [3.05, 3.63) is 0 Å². The molecule has 1 N–H and O–H groups in total. The standard InChI is InChI=1S/C9H17NO2/c1-6(2)7-5-9(7,8(11)12)10(3)4/h6-7H,5H2,1-4H3,(H,11,12). The lowest BCUT2D eigenvalue weighted by atomic mass is 10.0. The largest absolute Gasteiger partial charge is 0.480 e. The second-order valence-electron chi connectivity index (χ2n) is 4.18. The van der Waals surface area contributed by atoms with Crippen LogP contribution in [0.1, 0.15) is 20.3 Å². The van der Waals surface area contributed by atoms with E-state index < -0.39 is 11.5 Å². The van der Waals surface area contributed by atoms with Crippen LogP contribution in [0, 0.1) is 11.8 Å². The third kappa shape index (κ3) is 1.12. The van der Waals surface area contributed by atoms with E-state index in [1.54, 1.807) is 0 Å². The fourth-order valence-electron chi connectivity index (χ4n) is 2.01. The Hall–Kier alpha value is -0.570. The van der Waals surface area contributed by atoms with Crippen LogP contribution in [0.25, 0.3) is 0 Å². The van der Waals surface area contributed by atoms with Crippen molar-refractivity contribution in [2.24, 2.45) is 11.8 Å². The smallest absolute Gasteiger partial charge is 0.324 e.